The fourth-order valence-corrected chi connectivity index (χ4v) is 4.43. The third-order valence-electron chi connectivity index (χ3n) is 4.85. The van der Waals surface area contributed by atoms with Crippen LogP contribution in [0.5, 0.6) is 0 Å². The minimum absolute atomic E-state index is 0.0560. The number of hydrogen-bond donors (Lipinski definition) is 0. The van der Waals surface area contributed by atoms with E-state index in [9.17, 15) is 18.0 Å². The minimum atomic E-state index is -3.77. The molecule has 0 aliphatic carbocycles. The summed E-state index contributed by atoms with van der Waals surface area (Å²) in [5.74, 6) is -0.188. The largest absolute Gasteiger partial charge is 0.345 e. The summed E-state index contributed by atoms with van der Waals surface area (Å²) in [4.78, 5) is 30.0. The number of pyridine rings is 1. The minimum Gasteiger partial charge on any atom is -0.345 e. The van der Waals surface area contributed by atoms with Gasteiger partial charge in [-0.25, -0.2) is 8.42 Å². The first-order valence-electron chi connectivity index (χ1n) is 9.84. The van der Waals surface area contributed by atoms with Gasteiger partial charge >= 0.3 is 0 Å². The predicted octanol–water partition coefficient (Wildman–Crippen LogP) is 3.36. The number of rotatable bonds is 8. The van der Waals surface area contributed by atoms with E-state index in [0.29, 0.717) is 18.4 Å². The first kappa shape index (κ1) is 22.4. The molecule has 1 amide bonds. The van der Waals surface area contributed by atoms with E-state index in [2.05, 4.69) is 4.98 Å². The molecular formula is C24H24N2O4S. The molecule has 1 aromatic heterocycles. The van der Waals surface area contributed by atoms with Crippen LogP contribution >= 0.6 is 0 Å². The molecule has 7 heteroatoms. The molecule has 0 unspecified atom stereocenters. The molecule has 0 aliphatic heterocycles. The van der Waals surface area contributed by atoms with E-state index in [-0.39, 0.29) is 27.9 Å². The van der Waals surface area contributed by atoms with E-state index in [4.69, 9.17) is 0 Å². The monoisotopic (exact) mass is 436 g/mol. The molecule has 0 saturated heterocycles. The van der Waals surface area contributed by atoms with Crippen LogP contribution in [0.1, 0.15) is 27.9 Å². The van der Waals surface area contributed by atoms with Crippen LogP contribution in [0, 0.1) is 0 Å². The molecule has 1 heterocycles. The first-order chi connectivity index (χ1) is 14.8. The summed E-state index contributed by atoms with van der Waals surface area (Å²) in [5, 5.41) is 0. The van der Waals surface area contributed by atoms with E-state index < -0.39 is 9.84 Å². The van der Waals surface area contributed by atoms with Crippen LogP contribution in [0.15, 0.2) is 82.8 Å². The molecule has 0 saturated carbocycles. The zero-order valence-electron chi connectivity index (χ0n) is 17.5. The van der Waals surface area contributed by atoms with Crippen molar-refractivity contribution in [2.45, 2.75) is 29.1 Å². The summed E-state index contributed by atoms with van der Waals surface area (Å²) in [5.41, 5.74) is 2.07. The number of hydrogen-bond acceptors (Lipinski definition) is 5. The van der Waals surface area contributed by atoms with Crippen molar-refractivity contribution in [3.63, 3.8) is 0 Å². The highest BCUT2D eigenvalue weighted by molar-refractivity contribution is 7.91. The summed E-state index contributed by atoms with van der Waals surface area (Å²) in [6.07, 6.45) is 4.71. The van der Waals surface area contributed by atoms with Crippen molar-refractivity contribution < 1.29 is 18.0 Å². The lowest BCUT2D eigenvalue weighted by Gasteiger charge is -2.11. The highest BCUT2D eigenvalue weighted by Crippen LogP contribution is 2.23. The Bertz CT molecular complexity index is 1170. The summed E-state index contributed by atoms with van der Waals surface area (Å²) in [6.45, 7) is 0. The average molecular weight is 437 g/mol. The molecule has 0 N–H and O–H groups in total. The second kappa shape index (κ2) is 9.66. The standard InChI is InChI=1S/C24H24N2O4S/c1-26(2)24(28)20-6-3-7-23(16-20)31(29,30)22-12-9-18(10-13-22)15-21(27)11-8-19-5-4-14-25-17-19/h3-7,9-10,12-14,16-17H,8,11,15H2,1-2H3. The summed E-state index contributed by atoms with van der Waals surface area (Å²) < 4.78 is 25.9. The van der Waals surface area contributed by atoms with Crippen LogP contribution < -0.4 is 0 Å². The number of nitrogens with zero attached hydrogens (tertiary/aromatic N) is 2. The molecule has 0 fully saturated rings. The van der Waals surface area contributed by atoms with E-state index in [1.54, 1.807) is 50.8 Å². The SMILES string of the molecule is CN(C)C(=O)c1cccc(S(=O)(=O)c2ccc(CC(=O)CCc3cccnc3)cc2)c1. The van der Waals surface area contributed by atoms with Gasteiger partial charge in [-0.3, -0.25) is 14.6 Å². The molecule has 0 aliphatic rings. The van der Waals surface area contributed by atoms with Crippen molar-refractivity contribution in [3.8, 4) is 0 Å². The van der Waals surface area contributed by atoms with Crippen molar-refractivity contribution >= 4 is 21.5 Å². The smallest absolute Gasteiger partial charge is 0.253 e. The van der Waals surface area contributed by atoms with Gasteiger partial charge in [0, 0.05) is 44.9 Å². The van der Waals surface area contributed by atoms with Crippen molar-refractivity contribution in [2.24, 2.45) is 0 Å². The summed E-state index contributed by atoms with van der Waals surface area (Å²) in [7, 11) is -0.552. The van der Waals surface area contributed by atoms with E-state index >= 15 is 0 Å². The second-order valence-corrected chi connectivity index (χ2v) is 9.40. The highest BCUT2D eigenvalue weighted by atomic mass is 32.2. The lowest BCUT2D eigenvalue weighted by atomic mass is 10.0. The van der Waals surface area contributed by atoms with Gasteiger partial charge in [0.15, 0.2) is 0 Å². The third-order valence-corrected chi connectivity index (χ3v) is 6.62. The average Bonchev–Trinajstić information content (AvgIpc) is 2.78. The Morgan fingerprint density at radius 3 is 2.29 bits per heavy atom. The van der Waals surface area contributed by atoms with Crippen molar-refractivity contribution in [2.75, 3.05) is 14.1 Å². The Hall–Kier alpha value is -3.32. The van der Waals surface area contributed by atoms with Crippen LogP contribution in [0.25, 0.3) is 0 Å². The number of Topliss-reactive ketones (excluding diaryl/α,β-unsaturated/α-hetero) is 1. The fraction of sp³-hybridized carbons (Fsp3) is 0.208. The maximum atomic E-state index is 13.0. The molecule has 0 atom stereocenters. The Labute approximate surface area is 182 Å². The summed E-state index contributed by atoms with van der Waals surface area (Å²) in [6, 6.07) is 16.1. The molecular weight excluding hydrogens is 412 g/mol. The van der Waals surface area contributed by atoms with Crippen LogP contribution in [-0.2, 0) is 27.5 Å². The zero-order chi connectivity index (χ0) is 22.4. The van der Waals surface area contributed by atoms with E-state index in [0.717, 1.165) is 11.1 Å². The van der Waals surface area contributed by atoms with Gasteiger partial charge < -0.3 is 4.90 Å². The number of aryl methyl sites for hydroxylation is 1. The van der Waals surface area contributed by atoms with Gasteiger partial charge in [0.1, 0.15) is 5.78 Å². The highest BCUT2D eigenvalue weighted by Gasteiger charge is 2.20. The topological polar surface area (TPSA) is 84.4 Å². The predicted molar refractivity (Wildman–Crippen MR) is 118 cm³/mol. The quantitative estimate of drug-likeness (QED) is 0.541. The zero-order valence-corrected chi connectivity index (χ0v) is 18.3. The first-order valence-corrected chi connectivity index (χ1v) is 11.3. The number of amides is 1. The Morgan fingerprint density at radius 1 is 0.903 bits per heavy atom. The molecule has 3 aromatic rings. The van der Waals surface area contributed by atoms with Gasteiger partial charge in [-0.15, -0.1) is 0 Å². The molecule has 0 bridgehead atoms. The molecule has 31 heavy (non-hydrogen) atoms. The lowest BCUT2D eigenvalue weighted by Crippen LogP contribution is -2.21. The molecule has 3 rings (SSSR count). The number of benzene rings is 2. The molecule has 0 spiro atoms. The van der Waals surface area contributed by atoms with Gasteiger partial charge in [0.25, 0.3) is 5.91 Å². The molecule has 2 aromatic carbocycles. The molecule has 6 nitrogen and oxygen atoms in total. The van der Waals surface area contributed by atoms with Gasteiger partial charge in [-0.1, -0.05) is 24.3 Å². The van der Waals surface area contributed by atoms with Crippen molar-refractivity contribution in [3.05, 3.63) is 89.7 Å². The van der Waals surface area contributed by atoms with Gasteiger partial charge in [-0.05, 0) is 53.9 Å². The van der Waals surface area contributed by atoms with Crippen molar-refractivity contribution in [1.82, 2.24) is 9.88 Å². The van der Waals surface area contributed by atoms with Crippen LogP contribution in [-0.4, -0.2) is 44.1 Å². The summed E-state index contributed by atoms with van der Waals surface area (Å²) >= 11 is 0. The maximum Gasteiger partial charge on any atom is 0.253 e. The Morgan fingerprint density at radius 2 is 1.65 bits per heavy atom. The maximum absolute atomic E-state index is 13.0. The fourth-order valence-electron chi connectivity index (χ4n) is 3.12. The Kier molecular flexibility index (Phi) is 6.97. The molecule has 0 radical (unpaired) electrons. The lowest BCUT2D eigenvalue weighted by molar-refractivity contribution is -0.118. The molecule has 160 valence electrons. The van der Waals surface area contributed by atoms with Crippen LogP contribution in [0.2, 0.25) is 0 Å². The number of ketones is 1. The van der Waals surface area contributed by atoms with Gasteiger partial charge in [0.2, 0.25) is 9.84 Å². The van der Waals surface area contributed by atoms with E-state index in [1.807, 2.05) is 12.1 Å². The normalized spacial score (nSPS) is 11.2. The van der Waals surface area contributed by atoms with Crippen molar-refractivity contribution in [1.29, 1.82) is 0 Å². The number of sulfone groups is 1. The van der Waals surface area contributed by atoms with E-state index in [1.165, 1.54) is 29.2 Å². The van der Waals surface area contributed by atoms with Gasteiger partial charge in [-0.2, -0.15) is 0 Å². The van der Waals surface area contributed by atoms with Crippen LogP contribution in [0.3, 0.4) is 0 Å². The number of carbonyl (C=O) groups excluding carboxylic acids is 2. The number of aromatic nitrogens is 1. The third kappa shape index (κ3) is 5.64. The number of carbonyl (C=O) groups is 2. The second-order valence-electron chi connectivity index (χ2n) is 7.45. The Balaban J connectivity index is 1.69. The van der Waals surface area contributed by atoms with Gasteiger partial charge in [0.05, 0.1) is 9.79 Å². The van der Waals surface area contributed by atoms with Crippen LogP contribution in [0.4, 0.5) is 0 Å².